The van der Waals surface area contributed by atoms with Crippen LogP contribution in [0.15, 0.2) is 0 Å². The molecule has 3 unspecified atom stereocenters. The molecule has 1 aliphatic carbocycles. The van der Waals surface area contributed by atoms with Crippen LogP contribution >= 0.6 is 0 Å². The van der Waals surface area contributed by atoms with Crippen molar-refractivity contribution in [1.82, 2.24) is 5.32 Å². The van der Waals surface area contributed by atoms with Crippen molar-refractivity contribution in [3.63, 3.8) is 0 Å². The van der Waals surface area contributed by atoms with E-state index in [0.717, 1.165) is 5.92 Å². The van der Waals surface area contributed by atoms with E-state index in [-0.39, 0.29) is 0 Å². The molecule has 1 heterocycles. The lowest BCUT2D eigenvalue weighted by atomic mass is 9.77. The first-order valence-electron chi connectivity index (χ1n) is 4.87. The van der Waals surface area contributed by atoms with Gasteiger partial charge in [0.25, 0.3) is 0 Å². The van der Waals surface area contributed by atoms with Crippen molar-refractivity contribution < 1.29 is 0 Å². The molecule has 11 heavy (non-hydrogen) atoms. The van der Waals surface area contributed by atoms with Gasteiger partial charge in [0.05, 0.1) is 0 Å². The summed E-state index contributed by atoms with van der Waals surface area (Å²) in [5.41, 5.74) is 6.03. The smallest absolute Gasteiger partial charge is 0.0247 e. The molecule has 1 saturated carbocycles. The van der Waals surface area contributed by atoms with Crippen LogP contribution in [0.5, 0.6) is 0 Å². The second-order valence-electron chi connectivity index (χ2n) is 3.98. The molecular weight excluding hydrogens is 136 g/mol. The lowest BCUT2D eigenvalue weighted by Gasteiger charge is -2.40. The Bertz CT molecular complexity index is 134. The van der Waals surface area contributed by atoms with Crippen molar-refractivity contribution in [3.8, 4) is 0 Å². The Kier molecular flexibility index (Phi) is 2.14. The summed E-state index contributed by atoms with van der Waals surface area (Å²) >= 11 is 0. The molecule has 3 atom stereocenters. The molecule has 0 spiro atoms. The van der Waals surface area contributed by atoms with Gasteiger partial charge < -0.3 is 11.1 Å². The Morgan fingerprint density at radius 3 is 2.73 bits per heavy atom. The third-order valence-corrected chi connectivity index (χ3v) is 3.21. The lowest BCUT2D eigenvalue weighted by Crippen LogP contribution is -2.54. The van der Waals surface area contributed by atoms with Gasteiger partial charge in [-0.05, 0) is 38.1 Å². The zero-order valence-corrected chi connectivity index (χ0v) is 7.05. The molecule has 1 saturated heterocycles. The highest BCUT2D eigenvalue weighted by Crippen LogP contribution is 2.29. The number of hydrogen-bond donors (Lipinski definition) is 2. The molecule has 0 radical (unpaired) electrons. The van der Waals surface area contributed by atoms with Crippen LogP contribution in [-0.2, 0) is 0 Å². The molecular formula is C9H18N2. The largest absolute Gasteiger partial charge is 0.326 e. The maximum absolute atomic E-state index is 6.03. The zero-order valence-electron chi connectivity index (χ0n) is 7.05. The number of piperidine rings is 1. The van der Waals surface area contributed by atoms with Crippen LogP contribution in [-0.4, -0.2) is 18.6 Å². The van der Waals surface area contributed by atoms with Crippen LogP contribution in [0, 0.1) is 5.92 Å². The Morgan fingerprint density at radius 2 is 1.91 bits per heavy atom. The van der Waals surface area contributed by atoms with Crippen molar-refractivity contribution in [1.29, 1.82) is 0 Å². The molecule has 3 N–H and O–H groups in total. The molecule has 2 rings (SSSR count). The first kappa shape index (κ1) is 7.56. The minimum absolute atomic E-state index is 0.439. The number of fused-ring (bicyclic) bond motifs is 1. The fourth-order valence-corrected chi connectivity index (χ4v) is 2.60. The van der Waals surface area contributed by atoms with Crippen LogP contribution < -0.4 is 11.1 Å². The Labute approximate surface area is 68.5 Å². The van der Waals surface area contributed by atoms with Crippen molar-refractivity contribution in [2.24, 2.45) is 11.7 Å². The molecule has 2 aliphatic rings. The van der Waals surface area contributed by atoms with Gasteiger partial charge in [-0.15, -0.1) is 0 Å². The third-order valence-electron chi connectivity index (χ3n) is 3.21. The molecule has 0 aromatic heterocycles. The molecule has 1 aliphatic heterocycles. The zero-order chi connectivity index (χ0) is 7.68. The molecule has 0 amide bonds. The highest BCUT2D eigenvalue weighted by molar-refractivity contribution is 4.92. The fourth-order valence-electron chi connectivity index (χ4n) is 2.60. The number of hydrogen-bond acceptors (Lipinski definition) is 2. The third kappa shape index (κ3) is 1.42. The average molecular weight is 154 g/mol. The Balaban J connectivity index is 1.99. The molecule has 0 aromatic carbocycles. The second kappa shape index (κ2) is 3.11. The van der Waals surface area contributed by atoms with E-state index in [1.807, 2.05) is 0 Å². The quantitative estimate of drug-likeness (QED) is 0.543. The van der Waals surface area contributed by atoms with E-state index in [2.05, 4.69) is 5.32 Å². The van der Waals surface area contributed by atoms with Gasteiger partial charge in [0.2, 0.25) is 0 Å². The van der Waals surface area contributed by atoms with E-state index in [1.54, 1.807) is 0 Å². The van der Waals surface area contributed by atoms with Crippen LogP contribution in [0.1, 0.15) is 32.1 Å². The Morgan fingerprint density at radius 1 is 1.09 bits per heavy atom. The average Bonchev–Trinajstić information content (AvgIpc) is 2.06. The van der Waals surface area contributed by atoms with Crippen molar-refractivity contribution >= 4 is 0 Å². The highest BCUT2D eigenvalue weighted by atomic mass is 15.0. The summed E-state index contributed by atoms with van der Waals surface area (Å²) in [6, 6.07) is 1.09. The fraction of sp³-hybridized carbons (Fsp3) is 1.00. The van der Waals surface area contributed by atoms with Gasteiger partial charge in [0.1, 0.15) is 0 Å². The van der Waals surface area contributed by atoms with Gasteiger partial charge in [0, 0.05) is 12.1 Å². The van der Waals surface area contributed by atoms with Crippen molar-refractivity contribution in [2.75, 3.05) is 6.54 Å². The van der Waals surface area contributed by atoms with Crippen LogP contribution in [0.2, 0.25) is 0 Å². The number of nitrogens with one attached hydrogen (secondary N) is 1. The number of rotatable bonds is 0. The minimum atomic E-state index is 0.439. The summed E-state index contributed by atoms with van der Waals surface area (Å²) in [4.78, 5) is 0. The van der Waals surface area contributed by atoms with E-state index < -0.39 is 0 Å². The van der Waals surface area contributed by atoms with Crippen LogP contribution in [0.25, 0.3) is 0 Å². The summed E-state index contributed by atoms with van der Waals surface area (Å²) in [5, 5.41) is 3.55. The molecule has 64 valence electrons. The maximum Gasteiger partial charge on any atom is 0.0247 e. The predicted molar refractivity (Wildman–Crippen MR) is 46.3 cm³/mol. The van der Waals surface area contributed by atoms with Crippen molar-refractivity contribution in [2.45, 2.75) is 44.2 Å². The van der Waals surface area contributed by atoms with Gasteiger partial charge in [-0.2, -0.15) is 0 Å². The highest BCUT2D eigenvalue weighted by Gasteiger charge is 2.32. The monoisotopic (exact) mass is 154 g/mol. The van der Waals surface area contributed by atoms with Gasteiger partial charge >= 0.3 is 0 Å². The minimum Gasteiger partial charge on any atom is -0.326 e. The first-order chi connectivity index (χ1) is 5.38. The second-order valence-corrected chi connectivity index (χ2v) is 3.98. The van der Waals surface area contributed by atoms with E-state index in [0.29, 0.717) is 12.1 Å². The van der Waals surface area contributed by atoms with Crippen LogP contribution in [0.3, 0.4) is 0 Å². The molecule has 0 bridgehead atoms. The summed E-state index contributed by atoms with van der Waals surface area (Å²) in [6.45, 7) is 1.19. The molecule has 2 heteroatoms. The van der Waals surface area contributed by atoms with Gasteiger partial charge in [-0.1, -0.05) is 6.42 Å². The van der Waals surface area contributed by atoms with E-state index in [9.17, 15) is 0 Å². The molecule has 2 fully saturated rings. The summed E-state index contributed by atoms with van der Waals surface area (Å²) in [6.07, 6.45) is 6.75. The van der Waals surface area contributed by atoms with Gasteiger partial charge in [0.15, 0.2) is 0 Å². The van der Waals surface area contributed by atoms with Gasteiger partial charge in [-0.3, -0.25) is 0 Å². The van der Waals surface area contributed by atoms with E-state index >= 15 is 0 Å². The maximum atomic E-state index is 6.03. The lowest BCUT2D eigenvalue weighted by molar-refractivity contribution is 0.187. The summed E-state index contributed by atoms with van der Waals surface area (Å²) in [5.74, 6) is 0.896. The molecule has 0 aromatic rings. The summed E-state index contributed by atoms with van der Waals surface area (Å²) < 4.78 is 0. The normalized spacial score (nSPS) is 45.0. The van der Waals surface area contributed by atoms with Crippen LogP contribution in [0.4, 0.5) is 0 Å². The standard InChI is InChI=1S/C9H18N2/c10-8-5-1-3-7-4-2-6-11-9(7)8/h7-9,11H,1-6,10H2. The SMILES string of the molecule is NC1CCCC2CCCNC12. The Hall–Kier alpha value is -0.0800. The molecule has 2 nitrogen and oxygen atoms in total. The first-order valence-corrected chi connectivity index (χ1v) is 4.87. The van der Waals surface area contributed by atoms with Gasteiger partial charge in [-0.25, -0.2) is 0 Å². The van der Waals surface area contributed by atoms with E-state index in [1.165, 1.54) is 38.6 Å². The predicted octanol–water partition coefficient (Wildman–Crippen LogP) is 0.866. The number of nitrogens with two attached hydrogens (primary N) is 1. The topological polar surface area (TPSA) is 38.0 Å². The summed E-state index contributed by atoms with van der Waals surface area (Å²) in [7, 11) is 0. The van der Waals surface area contributed by atoms with Crippen molar-refractivity contribution in [3.05, 3.63) is 0 Å². The van der Waals surface area contributed by atoms with E-state index in [4.69, 9.17) is 5.73 Å².